The number of carboxylic acids is 1. The number of amides is 1. The van der Waals surface area contributed by atoms with Crippen LogP contribution in [-0.4, -0.2) is 22.7 Å². The van der Waals surface area contributed by atoms with Gasteiger partial charge in [-0.2, -0.15) is 5.10 Å². The van der Waals surface area contributed by atoms with E-state index >= 15 is 0 Å². The van der Waals surface area contributed by atoms with Gasteiger partial charge >= 0.3 is 5.97 Å². The first-order valence-electron chi connectivity index (χ1n) is 8.00. The zero-order valence-electron chi connectivity index (χ0n) is 14.3. The molecule has 1 heterocycles. The molecule has 0 fully saturated rings. The van der Waals surface area contributed by atoms with Crippen LogP contribution in [0.25, 0.3) is 11.3 Å². The van der Waals surface area contributed by atoms with Gasteiger partial charge in [0.2, 0.25) is 5.76 Å². The lowest BCUT2D eigenvalue weighted by Gasteiger charge is -2.11. The smallest absolute Gasteiger partial charge is 0.371 e. The highest BCUT2D eigenvalue weighted by atomic mass is 16.4. The summed E-state index contributed by atoms with van der Waals surface area (Å²) in [6, 6.07) is 15.9. The minimum Gasteiger partial charge on any atom is -0.872 e. The van der Waals surface area contributed by atoms with Gasteiger partial charge in [-0.05, 0) is 24.6 Å². The normalized spacial score (nSPS) is 11.2. The van der Waals surface area contributed by atoms with Crippen LogP contribution in [0.5, 0.6) is 5.75 Å². The highest BCUT2D eigenvalue weighted by Gasteiger charge is 2.11. The zero-order chi connectivity index (χ0) is 19.4. The van der Waals surface area contributed by atoms with E-state index in [1.54, 1.807) is 49.4 Å². The van der Waals surface area contributed by atoms with Crippen molar-refractivity contribution in [1.29, 1.82) is 0 Å². The largest absolute Gasteiger partial charge is 0.872 e. The van der Waals surface area contributed by atoms with Crippen molar-refractivity contribution in [3.05, 3.63) is 77.6 Å². The molecule has 0 radical (unpaired) electrons. The summed E-state index contributed by atoms with van der Waals surface area (Å²) in [6.45, 7) is 1.72. The molecule has 1 aromatic heterocycles. The molecule has 3 rings (SSSR count). The summed E-state index contributed by atoms with van der Waals surface area (Å²) < 4.78 is 5.25. The molecule has 2 N–H and O–H groups in total. The van der Waals surface area contributed by atoms with Crippen molar-refractivity contribution < 1.29 is 24.2 Å². The van der Waals surface area contributed by atoms with Crippen LogP contribution in [-0.2, 0) is 0 Å². The first-order chi connectivity index (χ1) is 13.0. The number of rotatable bonds is 5. The standard InChI is InChI=1S/C20H16N2O5/c1-12(21-22-19(24)15-4-2-3-5-16(15)23)13-6-8-14(9-7-13)17-10-11-18(27-17)20(25)26/h2-11,23H,1H3,(H,22,24)(H,25,26)/p-1/b21-12-. The number of hydrogen-bond acceptors (Lipinski definition) is 5. The van der Waals surface area contributed by atoms with Crippen LogP contribution in [0.3, 0.4) is 0 Å². The molecule has 0 spiro atoms. The number of furan rings is 1. The van der Waals surface area contributed by atoms with Gasteiger partial charge in [0.1, 0.15) is 5.76 Å². The topological polar surface area (TPSA) is 115 Å². The monoisotopic (exact) mass is 363 g/mol. The summed E-state index contributed by atoms with van der Waals surface area (Å²) in [4.78, 5) is 22.9. The fourth-order valence-corrected chi connectivity index (χ4v) is 2.40. The van der Waals surface area contributed by atoms with Gasteiger partial charge in [0.15, 0.2) is 0 Å². The number of carbonyl (C=O) groups excluding carboxylic acids is 1. The first-order valence-corrected chi connectivity index (χ1v) is 8.00. The molecule has 0 bridgehead atoms. The van der Waals surface area contributed by atoms with Gasteiger partial charge in [0.25, 0.3) is 5.91 Å². The number of aromatic carboxylic acids is 1. The average Bonchev–Trinajstić information content (AvgIpc) is 3.17. The van der Waals surface area contributed by atoms with Crippen molar-refractivity contribution in [2.75, 3.05) is 0 Å². The van der Waals surface area contributed by atoms with E-state index in [9.17, 15) is 14.7 Å². The first kappa shape index (κ1) is 17.9. The van der Waals surface area contributed by atoms with Crippen LogP contribution in [0.15, 0.2) is 70.2 Å². The second kappa shape index (κ2) is 7.57. The predicted molar refractivity (Wildman–Crippen MR) is 96.7 cm³/mol. The van der Waals surface area contributed by atoms with E-state index in [4.69, 9.17) is 9.52 Å². The fourth-order valence-electron chi connectivity index (χ4n) is 2.40. The third kappa shape index (κ3) is 4.04. The Morgan fingerprint density at radius 2 is 1.74 bits per heavy atom. The maximum absolute atomic E-state index is 12.0. The molecule has 0 unspecified atom stereocenters. The summed E-state index contributed by atoms with van der Waals surface area (Å²) >= 11 is 0. The van der Waals surface area contributed by atoms with Crippen molar-refractivity contribution >= 4 is 17.6 Å². The lowest BCUT2D eigenvalue weighted by Crippen LogP contribution is -2.20. The van der Waals surface area contributed by atoms with Gasteiger partial charge in [0.05, 0.1) is 5.71 Å². The van der Waals surface area contributed by atoms with Gasteiger partial charge < -0.3 is 14.6 Å². The molecule has 136 valence electrons. The molecule has 3 aromatic rings. The molecule has 0 aliphatic carbocycles. The van der Waals surface area contributed by atoms with Gasteiger partial charge in [0, 0.05) is 11.1 Å². The molecule has 7 heteroatoms. The molecular weight excluding hydrogens is 348 g/mol. The summed E-state index contributed by atoms with van der Waals surface area (Å²) in [7, 11) is 0. The summed E-state index contributed by atoms with van der Waals surface area (Å²) in [5.74, 6) is -1.77. The minimum atomic E-state index is -1.13. The number of carboxylic acid groups (broad SMARTS) is 1. The molecule has 7 nitrogen and oxygen atoms in total. The van der Waals surface area contributed by atoms with Gasteiger partial charge in [-0.1, -0.05) is 54.3 Å². The van der Waals surface area contributed by atoms with E-state index in [-0.39, 0.29) is 17.1 Å². The Bertz CT molecular complexity index is 1020. The molecule has 27 heavy (non-hydrogen) atoms. The molecular formula is C20H15N2O5-. The molecule has 0 aliphatic rings. The summed E-state index contributed by atoms with van der Waals surface area (Å²) in [6.07, 6.45) is 0. The van der Waals surface area contributed by atoms with Crippen LogP contribution in [0.4, 0.5) is 0 Å². The van der Waals surface area contributed by atoms with E-state index in [0.717, 1.165) is 5.56 Å². The van der Waals surface area contributed by atoms with Crippen LogP contribution in [0.2, 0.25) is 0 Å². The Morgan fingerprint density at radius 3 is 2.37 bits per heavy atom. The highest BCUT2D eigenvalue weighted by Crippen LogP contribution is 2.23. The number of benzene rings is 2. The molecule has 2 aromatic carbocycles. The van der Waals surface area contributed by atoms with E-state index in [0.29, 0.717) is 17.0 Å². The van der Waals surface area contributed by atoms with Crippen LogP contribution < -0.4 is 10.5 Å². The molecule has 0 saturated heterocycles. The van der Waals surface area contributed by atoms with Crippen molar-refractivity contribution in [2.45, 2.75) is 6.92 Å². The van der Waals surface area contributed by atoms with Crippen molar-refractivity contribution in [3.8, 4) is 17.1 Å². The summed E-state index contributed by atoms with van der Waals surface area (Å²) in [5, 5.41) is 24.6. The van der Waals surface area contributed by atoms with E-state index in [1.807, 2.05) is 0 Å². The maximum Gasteiger partial charge on any atom is 0.371 e. The Morgan fingerprint density at radius 1 is 1.04 bits per heavy atom. The van der Waals surface area contributed by atoms with Crippen LogP contribution in [0.1, 0.15) is 33.4 Å². The molecule has 1 amide bonds. The predicted octanol–water partition coefficient (Wildman–Crippen LogP) is 2.87. The number of hydrazone groups is 1. The van der Waals surface area contributed by atoms with E-state index in [2.05, 4.69) is 10.5 Å². The zero-order valence-corrected chi connectivity index (χ0v) is 14.3. The quantitative estimate of drug-likeness (QED) is 0.534. The number of carbonyl (C=O) groups is 2. The second-order valence-corrected chi connectivity index (χ2v) is 5.68. The maximum atomic E-state index is 12.0. The number of para-hydroxylation sites is 1. The SMILES string of the molecule is C/C(=N/NC(=O)c1ccccc1[O-])c1ccc(-c2ccc(C(=O)O)o2)cc1. The Kier molecular flexibility index (Phi) is 5.03. The van der Waals surface area contributed by atoms with Crippen molar-refractivity contribution in [2.24, 2.45) is 5.10 Å². The molecule has 0 aliphatic heterocycles. The van der Waals surface area contributed by atoms with Gasteiger partial charge in [-0.3, -0.25) is 4.79 Å². The summed E-state index contributed by atoms with van der Waals surface area (Å²) in [5.41, 5.74) is 4.40. The Balaban J connectivity index is 1.72. The van der Waals surface area contributed by atoms with Gasteiger partial charge in [-0.25, -0.2) is 10.2 Å². The third-order valence-electron chi connectivity index (χ3n) is 3.86. The molecule has 0 saturated carbocycles. The van der Waals surface area contributed by atoms with Crippen LogP contribution >= 0.6 is 0 Å². The lowest BCUT2D eigenvalue weighted by molar-refractivity contribution is -0.268. The van der Waals surface area contributed by atoms with E-state index < -0.39 is 11.9 Å². The Hall–Kier alpha value is -3.87. The van der Waals surface area contributed by atoms with Crippen molar-refractivity contribution in [3.63, 3.8) is 0 Å². The number of hydrogen-bond donors (Lipinski definition) is 2. The minimum absolute atomic E-state index is 0.0245. The second-order valence-electron chi connectivity index (χ2n) is 5.68. The third-order valence-corrected chi connectivity index (χ3v) is 3.86. The fraction of sp³-hybridized carbons (Fsp3) is 0.0500. The molecule has 0 atom stereocenters. The number of nitrogens with one attached hydrogen (secondary N) is 1. The van der Waals surface area contributed by atoms with Gasteiger partial charge in [-0.15, -0.1) is 0 Å². The lowest BCUT2D eigenvalue weighted by atomic mass is 10.1. The average molecular weight is 363 g/mol. The van der Waals surface area contributed by atoms with E-state index in [1.165, 1.54) is 18.2 Å². The van der Waals surface area contributed by atoms with Crippen LogP contribution in [0, 0.1) is 0 Å². The number of nitrogens with zero attached hydrogens (tertiary/aromatic N) is 1. The van der Waals surface area contributed by atoms with Crippen molar-refractivity contribution in [1.82, 2.24) is 5.43 Å². The highest BCUT2D eigenvalue weighted by molar-refractivity contribution is 6.01. The Labute approximate surface area is 154 Å².